The third kappa shape index (κ3) is 1.98. The van der Waals surface area contributed by atoms with Gasteiger partial charge in [0.05, 0.1) is 16.5 Å². The van der Waals surface area contributed by atoms with Crippen molar-refractivity contribution in [2.75, 3.05) is 0 Å². The Morgan fingerprint density at radius 3 is 2.58 bits per heavy atom. The second-order valence-corrected chi connectivity index (χ2v) is 5.92. The van der Waals surface area contributed by atoms with Crippen LogP contribution in [0.15, 0.2) is 46.4 Å². The molecule has 0 saturated carbocycles. The topological polar surface area (TPSA) is 66.4 Å². The van der Waals surface area contributed by atoms with Gasteiger partial charge in [-0.2, -0.15) is 0 Å². The van der Waals surface area contributed by atoms with Crippen LogP contribution < -0.4 is 5.32 Å². The van der Waals surface area contributed by atoms with E-state index in [0.29, 0.717) is 4.88 Å². The summed E-state index contributed by atoms with van der Waals surface area (Å²) in [4.78, 5) is 25.3. The van der Waals surface area contributed by atoms with Crippen molar-refractivity contribution in [2.24, 2.45) is 0 Å². The molecule has 6 heteroatoms. The maximum Gasteiger partial charge on any atom is 0.287 e. The largest absolute Gasteiger partial charge is 0.503 e. The fourth-order valence-corrected chi connectivity index (χ4v) is 3.44. The fraction of sp³-hybridized carbons (Fsp3) is 0.0769. The number of rotatable bonds is 3. The van der Waals surface area contributed by atoms with Crippen LogP contribution in [0.2, 0.25) is 0 Å². The van der Waals surface area contributed by atoms with Crippen molar-refractivity contribution in [2.45, 2.75) is 6.04 Å². The number of aliphatic hydroxyl groups is 1. The van der Waals surface area contributed by atoms with Crippen LogP contribution in [0, 0.1) is 0 Å². The van der Waals surface area contributed by atoms with Gasteiger partial charge in [-0.25, -0.2) is 0 Å². The molecule has 19 heavy (non-hydrogen) atoms. The molecule has 0 radical (unpaired) electrons. The summed E-state index contributed by atoms with van der Waals surface area (Å²) in [6, 6.07) is 6.56. The van der Waals surface area contributed by atoms with Gasteiger partial charge in [-0.05, 0) is 22.9 Å². The third-order valence-corrected chi connectivity index (χ3v) is 4.66. The van der Waals surface area contributed by atoms with Gasteiger partial charge >= 0.3 is 0 Å². The van der Waals surface area contributed by atoms with E-state index in [1.165, 1.54) is 22.7 Å². The van der Waals surface area contributed by atoms with Crippen LogP contribution in [0.1, 0.15) is 20.6 Å². The number of amides is 1. The van der Waals surface area contributed by atoms with Crippen LogP contribution in [0.25, 0.3) is 0 Å². The van der Waals surface area contributed by atoms with Crippen molar-refractivity contribution in [3.05, 3.63) is 56.1 Å². The normalized spacial score (nSPS) is 18.7. The van der Waals surface area contributed by atoms with Crippen molar-refractivity contribution >= 4 is 34.4 Å². The van der Waals surface area contributed by atoms with E-state index in [0.717, 1.165) is 4.88 Å². The van der Waals surface area contributed by atoms with E-state index in [4.69, 9.17) is 0 Å². The molecule has 0 saturated heterocycles. The van der Waals surface area contributed by atoms with E-state index in [1.807, 2.05) is 17.5 Å². The lowest BCUT2D eigenvalue weighted by Crippen LogP contribution is -2.22. The van der Waals surface area contributed by atoms with Crippen molar-refractivity contribution in [1.29, 1.82) is 0 Å². The van der Waals surface area contributed by atoms with Gasteiger partial charge in [0.1, 0.15) is 0 Å². The van der Waals surface area contributed by atoms with Crippen LogP contribution in [0.5, 0.6) is 0 Å². The summed E-state index contributed by atoms with van der Waals surface area (Å²) < 4.78 is 0. The molecule has 1 amide bonds. The molecule has 1 aliphatic heterocycles. The zero-order valence-electron chi connectivity index (χ0n) is 9.62. The highest BCUT2D eigenvalue weighted by atomic mass is 32.1. The molecule has 0 bridgehead atoms. The molecule has 4 nitrogen and oxygen atoms in total. The molecule has 1 aliphatic rings. The Bertz CT molecular complexity index is 656. The Morgan fingerprint density at radius 1 is 1.21 bits per heavy atom. The summed E-state index contributed by atoms with van der Waals surface area (Å²) >= 11 is 2.72. The number of hydrogen-bond acceptors (Lipinski definition) is 5. The molecule has 2 aromatic rings. The molecule has 0 aromatic carbocycles. The maximum absolute atomic E-state index is 12.4. The Morgan fingerprint density at radius 2 is 1.95 bits per heavy atom. The fourth-order valence-electron chi connectivity index (χ4n) is 1.98. The molecule has 2 aromatic heterocycles. The summed E-state index contributed by atoms with van der Waals surface area (Å²) in [5.74, 6) is -1.38. The molecule has 0 aliphatic carbocycles. The average molecular weight is 291 g/mol. The van der Waals surface area contributed by atoms with Crippen LogP contribution in [-0.2, 0) is 4.79 Å². The van der Waals surface area contributed by atoms with E-state index in [2.05, 4.69) is 5.32 Å². The summed E-state index contributed by atoms with van der Waals surface area (Å²) in [5, 5.41) is 16.1. The second kappa shape index (κ2) is 4.64. The highest BCUT2D eigenvalue weighted by Crippen LogP contribution is 2.34. The smallest absolute Gasteiger partial charge is 0.287 e. The van der Waals surface area contributed by atoms with E-state index < -0.39 is 17.7 Å². The molecule has 1 unspecified atom stereocenters. The summed E-state index contributed by atoms with van der Waals surface area (Å²) in [7, 11) is 0. The lowest BCUT2D eigenvalue weighted by molar-refractivity contribution is -0.119. The predicted octanol–water partition coefficient (Wildman–Crippen LogP) is 2.68. The number of nitrogens with one attached hydrogen (secondary N) is 1. The Labute approximate surface area is 117 Å². The van der Waals surface area contributed by atoms with Gasteiger partial charge in [0.15, 0.2) is 5.76 Å². The molecule has 0 spiro atoms. The van der Waals surface area contributed by atoms with Crippen molar-refractivity contribution in [3.8, 4) is 0 Å². The molecule has 1 atom stereocenters. The first kappa shape index (κ1) is 12.1. The monoisotopic (exact) mass is 291 g/mol. The SMILES string of the molecule is O=C1NC(c2cccs2)C(C(=O)c2cccs2)=C1O. The van der Waals surface area contributed by atoms with Gasteiger partial charge in [0.2, 0.25) is 5.78 Å². The highest BCUT2D eigenvalue weighted by molar-refractivity contribution is 7.12. The van der Waals surface area contributed by atoms with Crippen LogP contribution in [0.3, 0.4) is 0 Å². The van der Waals surface area contributed by atoms with E-state index in [-0.39, 0.29) is 11.4 Å². The van der Waals surface area contributed by atoms with E-state index in [9.17, 15) is 14.7 Å². The summed E-state index contributed by atoms with van der Waals surface area (Å²) in [6.07, 6.45) is 0. The lowest BCUT2D eigenvalue weighted by Gasteiger charge is -2.11. The van der Waals surface area contributed by atoms with Crippen LogP contribution >= 0.6 is 22.7 Å². The maximum atomic E-state index is 12.4. The third-order valence-electron chi connectivity index (χ3n) is 2.85. The molecular formula is C13H9NO3S2. The first-order chi connectivity index (χ1) is 9.18. The minimum Gasteiger partial charge on any atom is -0.503 e. The van der Waals surface area contributed by atoms with Gasteiger partial charge in [-0.3, -0.25) is 9.59 Å². The zero-order chi connectivity index (χ0) is 13.4. The van der Waals surface area contributed by atoms with Crippen molar-refractivity contribution in [3.63, 3.8) is 0 Å². The Hall–Kier alpha value is -1.92. The average Bonchev–Trinajstić information content (AvgIpc) is 3.11. The minimum atomic E-state index is -0.599. The molecule has 0 fully saturated rings. The molecule has 96 valence electrons. The van der Waals surface area contributed by atoms with Crippen molar-refractivity contribution < 1.29 is 14.7 Å². The summed E-state index contributed by atoms with van der Waals surface area (Å²) in [6.45, 7) is 0. The van der Waals surface area contributed by atoms with Gasteiger partial charge < -0.3 is 10.4 Å². The predicted molar refractivity (Wildman–Crippen MR) is 73.5 cm³/mol. The summed E-state index contributed by atoms with van der Waals surface area (Å²) in [5.41, 5.74) is 0.134. The van der Waals surface area contributed by atoms with Gasteiger partial charge in [0, 0.05) is 4.88 Å². The number of carbonyl (C=O) groups is 2. The van der Waals surface area contributed by atoms with Gasteiger partial charge in [-0.1, -0.05) is 12.1 Å². The number of Topliss-reactive ketones (excluding diaryl/α,β-unsaturated/α-hetero) is 1. The number of ketones is 1. The number of thiophene rings is 2. The van der Waals surface area contributed by atoms with Crippen molar-refractivity contribution in [1.82, 2.24) is 5.32 Å². The molecule has 3 heterocycles. The molecule has 3 rings (SSSR count). The minimum absolute atomic E-state index is 0.134. The van der Waals surface area contributed by atoms with Gasteiger partial charge in [-0.15, -0.1) is 22.7 Å². The Balaban J connectivity index is 2.05. The standard InChI is InChI=1S/C13H9NO3S2/c15-11(8-4-2-6-19-8)9-10(7-3-1-5-18-7)14-13(17)12(9)16/h1-6,10,16H,(H,14,17). The van der Waals surface area contributed by atoms with Gasteiger partial charge in [0.25, 0.3) is 5.91 Å². The lowest BCUT2D eigenvalue weighted by atomic mass is 10.0. The highest BCUT2D eigenvalue weighted by Gasteiger charge is 2.38. The quantitative estimate of drug-likeness (QED) is 0.854. The van der Waals surface area contributed by atoms with Crippen LogP contribution in [-0.4, -0.2) is 16.8 Å². The second-order valence-electron chi connectivity index (χ2n) is 3.99. The Kier molecular flexibility index (Phi) is 2.96. The van der Waals surface area contributed by atoms with E-state index in [1.54, 1.807) is 17.5 Å². The first-order valence-corrected chi connectivity index (χ1v) is 7.30. The molecule has 2 N–H and O–H groups in total. The zero-order valence-corrected chi connectivity index (χ0v) is 11.3. The number of aliphatic hydroxyl groups excluding tert-OH is 1. The number of carbonyl (C=O) groups excluding carboxylic acids is 2. The first-order valence-electron chi connectivity index (χ1n) is 5.54. The molecular weight excluding hydrogens is 282 g/mol. The number of hydrogen-bond donors (Lipinski definition) is 2. The van der Waals surface area contributed by atoms with E-state index >= 15 is 0 Å². The van der Waals surface area contributed by atoms with Crippen LogP contribution in [0.4, 0.5) is 0 Å².